The minimum absolute atomic E-state index is 0.0469. The summed E-state index contributed by atoms with van der Waals surface area (Å²) < 4.78 is 1.82. The Bertz CT molecular complexity index is 839. The van der Waals surface area contributed by atoms with Gasteiger partial charge in [0.05, 0.1) is 17.2 Å². The minimum Gasteiger partial charge on any atom is -0.392 e. The second-order valence-corrected chi connectivity index (χ2v) is 4.84. The average molecular weight is 283 g/mol. The number of hydrogen-bond donors (Lipinski definition) is 1. The van der Waals surface area contributed by atoms with Gasteiger partial charge in [0.15, 0.2) is 0 Å². The van der Waals surface area contributed by atoms with E-state index in [1.54, 1.807) is 31.3 Å². The summed E-state index contributed by atoms with van der Waals surface area (Å²) in [4.78, 5) is 15.1. The molecule has 3 rings (SSSR count). The predicted octanol–water partition coefficient (Wildman–Crippen LogP) is 2.71. The zero-order valence-corrected chi connectivity index (χ0v) is 11.4. The van der Waals surface area contributed by atoms with Gasteiger partial charge in [-0.1, -0.05) is 12.1 Å². The maximum absolute atomic E-state index is 11.0. The molecule has 0 radical (unpaired) electrons. The number of nitro benzene ring substituents is 1. The predicted molar refractivity (Wildman–Crippen MR) is 77.9 cm³/mol. The fourth-order valence-electron chi connectivity index (χ4n) is 2.23. The normalized spacial score (nSPS) is 11.0. The van der Waals surface area contributed by atoms with Gasteiger partial charge >= 0.3 is 0 Å². The van der Waals surface area contributed by atoms with E-state index in [1.165, 1.54) is 6.07 Å². The van der Waals surface area contributed by atoms with Crippen LogP contribution in [0.2, 0.25) is 0 Å². The van der Waals surface area contributed by atoms with E-state index in [2.05, 4.69) is 4.98 Å². The van der Waals surface area contributed by atoms with Crippen molar-refractivity contribution in [3.8, 4) is 11.3 Å². The van der Waals surface area contributed by atoms with E-state index in [0.717, 1.165) is 5.56 Å². The number of hydrogen-bond acceptors (Lipinski definition) is 4. The van der Waals surface area contributed by atoms with Gasteiger partial charge in [0, 0.05) is 29.6 Å². The molecule has 0 atom stereocenters. The second kappa shape index (κ2) is 4.99. The lowest BCUT2D eigenvalue weighted by Crippen LogP contribution is -1.92. The van der Waals surface area contributed by atoms with Crippen molar-refractivity contribution in [1.29, 1.82) is 0 Å². The molecule has 0 bridgehead atoms. The van der Waals surface area contributed by atoms with Gasteiger partial charge in [-0.2, -0.15) is 0 Å². The number of pyridine rings is 1. The number of imidazole rings is 1. The molecule has 2 heterocycles. The summed E-state index contributed by atoms with van der Waals surface area (Å²) >= 11 is 0. The lowest BCUT2D eigenvalue weighted by atomic mass is 10.1. The second-order valence-electron chi connectivity index (χ2n) is 4.84. The van der Waals surface area contributed by atoms with Crippen LogP contribution in [0.4, 0.5) is 5.69 Å². The van der Waals surface area contributed by atoms with Crippen molar-refractivity contribution in [3.63, 3.8) is 0 Å². The molecular formula is C15H13N3O3. The van der Waals surface area contributed by atoms with Crippen molar-refractivity contribution in [2.75, 3.05) is 0 Å². The smallest absolute Gasteiger partial charge is 0.272 e. The summed E-state index contributed by atoms with van der Waals surface area (Å²) in [6.07, 6.45) is 3.62. The first-order valence-electron chi connectivity index (χ1n) is 6.42. The number of aromatic nitrogens is 2. The van der Waals surface area contributed by atoms with Crippen LogP contribution in [0.15, 0.2) is 42.7 Å². The van der Waals surface area contributed by atoms with Crippen LogP contribution in [0, 0.1) is 17.0 Å². The molecule has 6 nitrogen and oxygen atoms in total. The first kappa shape index (κ1) is 13.3. The van der Waals surface area contributed by atoms with Crippen LogP contribution in [-0.4, -0.2) is 19.4 Å². The number of aryl methyl sites for hydroxylation is 1. The number of rotatable bonds is 3. The van der Waals surface area contributed by atoms with Crippen molar-refractivity contribution >= 4 is 11.3 Å². The summed E-state index contributed by atoms with van der Waals surface area (Å²) in [5, 5.41) is 20.2. The molecule has 3 aromatic rings. The van der Waals surface area contributed by atoms with Crippen LogP contribution in [0.3, 0.4) is 0 Å². The first-order chi connectivity index (χ1) is 10.1. The molecule has 0 aliphatic rings. The van der Waals surface area contributed by atoms with Gasteiger partial charge in [0.2, 0.25) is 0 Å². The van der Waals surface area contributed by atoms with E-state index in [-0.39, 0.29) is 12.3 Å². The molecule has 0 spiro atoms. The third-order valence-electron chi connectivity index (χ3n) is 3.41. The van der Waals surface area contributed by atoms with E-state index in [1.807, 2.05) is 16.7 Å². The highest BCUT2D eigenvalue weighted by atomic mass is 16.6. The van der Waals surface area contributed by atoms with E-state index in [4.69, 9.17) is 5.11 Å². The summed E-state index contributed by atoms with van der Waals surface area (Å²) in [7, 11) is 0. The van der Waals surface area contributed by atoms with Gasteiger partial charge in [-0.05, 0) is 24.6 Å². The van der Waals surface area contributed by atoms with Crippen molar-refractivity contribution in [2.24, 2.45) is 0 Å². The van der Waals surface area contributed by atoms with Crippen LogP contribution >= 0.6 is 0 Å². The van der Waals surface area contributed by atoms with E-state index in [9.17, 15) is 10.1 Å². The number of aliphatic hydroxyl groups excluding tert-OH is 1. The first-order valence-corrected chi connectivity index (χ1v) is 6.42. The molecule has 0 aliphatic heterocycles. The fourth-order valence-corrected chi connectivity index (χ4v) is 2.23. The van der Waals surface area contributed by atoms with E-state index < -0.39 is 4.92 Å². The molecule has 6 heteroatoms. The van der Waals surface area contributed by atoms with Crippen molar-refractivity contribution in [3.05, 3.63) is 64.0 Å². The third kappa shape index (κ3) is 2.36. The number of fused-ring (bicyclic) bond motifs is 1. The molecular weight excluding hydrogens is 270 g/mol. The standard InChI is InChI=1S/C15H13N3O3/c1-10-2-3-12(7-14(10)18(20)21)13-8-17-5-4-11(9-19)6-15(17)16-13/h2-8,19H,9H2,1H3. The summed E-state index contributed by atoms with van der Waals surface area (Å²) in [5.41, 5.74) is 3.53. The Labute approximate surface area is 120 Å². The Morgan fingerprint density at radius 3 is 2.86 bits per heavy atom. The Balaban J connectivity index is 2.12. The quantitative estimate of drug-likeness (QED) is 0.592. The molecule has 0 saturated heterocycles. The minimum atomic E-state index is -0.390. The Kier molecular flexibility index (Phi) is 3.15. The topological polar surface area (TPSA) is 80.7 Å². The zero-order chi connectivity index (χ0) is 15.0. The molecule has 0 fully saturated rings. The highest BCUT2D eigenvalue weighted by molar-refractivity contribution is 5.66. The summed E-state index contributed by atoms with van der Waals surface area (Å²) in [6, 6.07) is 8.65. The maximum atomic E-state index is 11.0. The zero-order valence-electron chi connectivity index (χ0n) is 11.4. The molecule has 2 aromatic heterocycles. The number of nitrogens with zero attached hydrogens (tertiary/aromatic N) is 3. The monoisotopic (exact) mass is 283 g/mol. The lowest BCUT2D eigenvalue weighted by molar-refractivity contribution is -0.385. The molecule has 21 heavy (non-hydrogen) atoms. The molecule has 1 N–H and O–H groups in total. The number of aliphatic hydroxyl groups is 1. The van der Waals surface area contributed by atoms with Crippen molar-refractivity contribution < 1.29 is 10.0 Å². The van der Waals surface area contributed by atoms with Crippen LogP contribution in [-0.2, 0) is 6.61 Å². The van der Waals surface area contributed by atoms with Crippen LogP contribution in [0.5, 0.6) is 0 Å². The molecule has 1 aromatic carbocycles. The summed E-state index contributed by atoms with van der Waals surface area (Å²) in [6.45, 7) is 1.66. The largest absolute Gasteiger partial charge is 0.392 e. The molecule has 106 valence electrons. The SMILES string of the molecule is Cc1ccc(-c2cn3ccc(CO)cc3n2)cc1[N+](=O)[O-]. The average Bonchev–Trinajstić information content (AvgIpc) is 2.90. The van der Waals surface area contributed by atoms with Gasteiger partial charge in [0.25, 0.3) is 5.69 Å². The number of benzene rings is 1. The van der Waals surface area contributed by atoms with Crippen LogP contribution in [0.25, 0.3) is 16.9 Å². The molecule has 0 saturated carbocycles. The fraction of sp³-hybridized carbons (Fsp3) is 0.133. The van der Waals surface area contributed by atoms with Gasteiger partial charge in [-0.25, -0.2) is 4.98 Å². The van der Waals surface area contributed by atoms with Gasteiger partial charge < -0.3 is 9.51 Å². The van der Waals surface area contributed by atoms with Crippen LogP contribution in [0.1, 0.15) is 11.1 Å². The number of nitro groups is 1. The third-order valence-corrected chi connectivity index (χ3v) is 3.41. The van der Waals surface area contributed by atoms with Gasteiger partial charge in [-0.15, -0.1) is 0 Å². The summed E-state index contributed by atoms with van der Waals surface area (Å²) in [5.74, 6) is 0. The van der Waals surface area contributed by atoms with Crippen molar-refractivity contribution in [2.45, 2.75) is 13.5 Å². The lowest BCUT2D eigenvalue weighted by Gasteiger charge is -1.99. The van der Waals surface area contributed by atoms with Crippen molar-refractivity contribution in [1.82, 2.24) is 9.38 Å². The Morgan fingerprint density at radius 1 is 1.33 bits per heavy atom. The maximum Gasteiger partial charge on any atom is 0.272 e. The Morgan fingerprint density at radius 2 is 2.14 bits per heavy atom. The molecule has 0 aliphatic carbocycles. The van der Waals surface area contributed by atoms with Gasteiger partial charge in [-0.3, -0.25) is 10.1 Å². The van der Waals surface area contributed by atoms with Crippen LogP contribution < -0.4 is 0 Å². The Hall–Kier alpha value is -2.73. The van der Waals surface area contributed by atoms with E-state index >= 15 is 0 Å². The highest BCUT2D eigenvalue weighted by Gasteiger charge is 2.13. The highest BCUT2D eigenvalue weighted by Crippen LogP contribution is 2.26. The van der Waals surface area contributed by atoms with E-state index in [0.29, 0.717) is 22.5 Å². The molecule has 0 unspecified atom stereocenters. The molecule has 0 amide bonds. The van der Waals surface area contributed by atoms with Gasteiger partial charge in [0.1, 0.15) is 5.65 Å².